The zero-order valence-electron chi connectivity index (χ0n) is 11.5. The van der Waals surface area contributed by atoms with E-state index in [9.17, 15) is 10.2 Å². The largest absolute Gasteiger partial charge is 0.504 e. The first-order valence-corrected chi connectivity index (χ1v) is 6.70. The summed E-state index contributed by atoms with van der Waals surface area (Å²) in [5.41, 5.74) is 9.75. The Labute approximate surface area is 134 Å². The van der Waals surface area contributed by atoms with Crippen molar-refractivity contribution in [1.29, 1.82) is 0 Å². The number of hydrogen-bond donors (Lipinski definition) is 3. The van der Waals surface area contributed by atoms with Crippen LogP contribution in [0.5, 0.6) is 11.5 Å². The molecule has 0 radical (unpaired) electrons. The highest BCUT2D eigenvalue weighted by molar-refractivity contribution is 8.93. The predicted molar refractivity (Wildman–Crippen MR) is 90.0 cm³/mol. The number of phenols is 2. The van der Waals surface area contributed by atoms with E-state index in [1.165, 1.54) is 11.6 Å². The molecule has 0 fully saturated rings. The van der Waals surface area contributed by atoms with E-state index in [4.69, 9.17) is 5.73 Å². The Kier molecular flexibility index (Phi) is 4.70. The van der Waals surface area contributed by atoms with Crippen molar-refractivity contribution in [3.05, 3.63) is 65.2 Å². The fourth-order valence-corrected chi connectivity index (χ4v) is 2.84. The van der Waals surface area contributed by atoms with Gasteiger partial charge in [-0.1, -0.05) is 42.5 Å². The van der Waals surface area contributed by atoms with E-state index in [0.717, 1.165) is 16.7 Å². The highest BCUT2D eigenvalue weighted by atomic mass is 79.9. The van der Waals surface area contributed by atoms with Crippen molar-refractivity contribution in [3.8, 4) is 11.5 Å². The van der Waals surface area contributed by atoms with Crippen LogP contribution in [-0.4, -0.2) is 16.8 Å². The topological polar surface area (TPSA) is 66.5 Å². The number of halogens is 1. The monoisotopic (exact) mass is 347 g/mol. The summed E-state index contributed by atoms with van der Waals surface area (Å²) in [6.07, 6.45) is 2.83. The number of hydrogen-bond acceptors (Lipinski definition) is 3. The van der Waals surface area contributed by atoms with Gasteiger partial charge >= 0.3 is 0 Å². The van der Waals surface area contributed by atoms with E-state index >= 15 is 0 Å². The van der Waals surface area contributed by atoms with Crippen LogP contribution in [0, 0.1) is 0 Å². The van der Waals surface area contributed by atoms with Crippen LogP contribution in [0.15, 0.2) is 48.5 Å². The highest BCUT2D eigenvalue weighted by Crippen LogP contribution is 2.41. The van der Waals surface area contributed by atoms with Crippen molar-refractivity contribution >= 4 is 22.6 Å². The van der Waals surface area contributed by atoms with Gasteiger partial charge in [0.25, 0.3) is 0 Å². The fourth-order valence-electron chi connectivity index (χ4n) is 2.84. The predicted octanol–water partition coefficient (Wildman–Crippen LogP) is 3.36. The molecule has 110 valence electrons. The molecule has 0 bridgehead atoms. The van der Waals surface area contributed by atoms with Gasteiger partial charge in [-0.25, -0.2) is 0 Å². The molecule has 0 amide bonds. The molecule has 4 heteroatoms. The second-order valence-electron chi connectivity index (χ2n) is 5.08. The molecule has 2 aromatic rings. The normalized spacial score (nSPS) is 16.6. The summed E-state index contributed by atoms with van der Waals surface area (Å²) < 4.78 is 0. The van der Waals surface area contributed by atoms with Gasteiger partial charge in [0.05, 0.1) is 0 Å². The number of phenolic OH excluding ortho intramolecular Hbond substituents is 2. The SMILES string of the molecule is Br.NCC1=CC(c2ccccc2)Cc2c1ccc(O)c2O. The van der Waals surface area contributed by atoms with E-state index in [1.807, 2.05) is 24.3 Å². The van der Waals surface area contributed by atoms with Gasteiger partial charge in [0.2, 0.25) is 0 Å². The molecule has 1 unspecified atom stereocenters. The molecule has 1 aliphatic carbocycles. The number of nitrogens with two attached hydrogens (primary N) is 1. The molecule has 0 spiro atoms. The van der Waals surface area contributed by atoms with Crippen molar-refractivity contribution in [2.75, 3.05) is 6.54 Å². The minimum Gasteiger partial charge on any atom is -0.504 e. The molecule has 0 saturated heterocycles. The van der Waals surface area contributed by atoms with Crippen molar-refractivity contribution in [2.24, 2.45) is 5.73 Å². The third kappa shape index (κ3) is 2.82. The van der Waals surface area contributed by atoms with Crippen LogP contribution < -0.4 is 5.73 Å². The van der Waals surface area contributed by atoms with Crippen LogP contribution in [0.3, 0.4) is 0 Å². The molecule has 3 rings (SSSR count). The summed E-state index contributed by atoms with van der Waals surface area (Å²) in [6.45, 7) is 0.417. The van der Waals surface area contributed by atoms with Crippen LogP contribution in [0.1, 0.15) is 22.6 Å². The molecule has 0 aliphatic heterocycles. The Balaban J connectivity index is 0.00000161. The zero-order chi connectivity index (χ0) is 14.1. The highest BCUT2D eigenvalue weighted by Gasteiger charge is 2.24. The summed E-state index contributed by atoms with van der Waals surface area (Å²) in [4.78, 5) is 0. The number of rotatable bonds is 2. The first-order chi connectivity index (χ1) is 9.70. The maximum atomic E-state index is 10.1. The number of aromatic hydroxyl groups is 2. The summed E-state index contributed by atoms with van der Waals surface area (Å²) >= 11 is 0. The lowest BCUT2D eigenvalue weighted by Gasteiger charge is -2.25. The average molecular weight is 348 g/mol. The van der Waals surface area contributed by atoms with Gasteiger partial charge in [0.1, 0.15) is 0 Å². The van der Waals surface area contributed by atoms with Crippen LogP contribution in [0.4, 0.5) is 0 Å². The summed E-state index contributed by atoms with van der Waals surface area (Å²) in [5, 5.41) is 19.8. The van der Waals surface area contributed by atoms with Crippen molar-refractivity contribution in [2.45, 2.75) is 12.3 Å². The van der Waals surface area contributed by atoms with E-state index < -0.39 is 0 Å². The van der Waals surface area contributed by atoms with Crippen LogP contribution >= 0.6 is 17.0 Å². The van der Waals surface area contributed by atoms with E-state index in [1.54, 1.807) is 0 Å². The molecule has 21 heavy (non-hydrogen) atoms. The lowest BCUT2D eigenvalue weighted by molar-refractivity contribution is 0.398. The second-order valence-corrected chi connectivity index (χ2v) is 5.08. The number of allylic oxidation sites excluding steroid dienone is 1. The van der Waals surface area contributed by atoms with Crippen molar-refractivity contribution in [3.63, 3.8) is 0 Å². The Morgan fingerprint density at radius 3 is 2.43 bits per heavy atom. The average Bonchev–Trinajstić information content (AvgIpc) is 2.51. The first kappa shape index (κ1) is 15.6. The molecule has 0 heterocycles. The molecule has 0 aromatic heterocycles. The van der Waals surface area contributed by atoms with Gasteiger partial charge in [-0.05, 0) is 29.2 Å². The quantitative estimate of drug-likeness (QED) is 0.729. The number of fused-ring (bicyclic) bond motifs is 1. The summed E-state index contributed by atoms with van der Waals surface area (Å²) in [5.74, 6) is 0.0752. The minimum absolute atomic E-state index is 0. The van der Waals surface area contributed by atoms with Gasteiger partial charge in [-0.3, -0.25) is 0 Å². The smallest absolute Gasteiger partial charge is 0.161 e. The lowest BCUT2D eigenvalue weighted by atomic mass is 9.81. The van der Waals surface area contributed by atoms with Gasteiger partial charge in [0, 0.05) is 18.0 Å². The first-order valence-electron chi connectivity index (χ1n) is 6.70. The minimum atomic E-state index is -0.0752. The zero-order valence-corrected chi connectivity index (χ0v) is 13.2. The van der Waals surface area contributed by atoms with Gasteiger partial charge in [0.15, 0.2) is 11.5 Å². The Bertz CT molecular complexity index is 668. The van der Waals surface area contributed by atoms with E-state index in [-0.39, 0.29) is 34.4 Å². The van der Waals surface area contributed by atoms with Gasteiger partial charge in [-0.15, -0.1) is 17.0 Å². The molecule has 2 aromatic carbocycles. The Morgan fingerprint density at radius 2 is 1.76 bits per heavy atom. The van der Waals surface area contributed by atoms with Gasteiger partial charge < -0.3 is 15.9 Å². The summed E-state index contributed by atoms with van der Waals surface area (Å²) in [6, 6.07) is 13.5. The molecular formula is C17H18BrNO2. The molecule has 3 nitrogen and oxygen atoms in total. The Hall–Kier alpha value is -1.78. The van der Waals surface area contributed by atoms with E-state index in [2.05, 4.69) is 18.2 Å². The maximum Gasteiger partial charge on any atom is 0.161 e. The van der Waals surface area contributed by atoms with Gasteiger partial charge in [-0.2, -0.15) is 0 Å². The van der Waals surface area contributed by atoms with Crippen molar-refractivity contribution < 1.29 is 10.2 Å². The third-order valence-corrected chi connectivity index (χ3v) is 3.88. The molecule has 4 N–H and O–H groups in total. The lowest BCUT2D eigenvalue weighted by Crippen LogP contribution is -2.14. The maximum absolute atomic E-state index is 10.1. The fraction of sp³-hybridized carbons (Fsp3) is 0.176. The number of benzene rings is 2. The molecular weight excluding hydrogens is 330 g/mol. The molecule has 1 aliphatic rings. The Morgan fingerprint density at radius 1 is 1.05 bits per heavy atom. The van der Waals surface area contributed by atoms with Crippen molar-refractivity contribution in [1.82, 2.24) is 0 Å². The van der Waals surface area contributed by atoms with Crippen LogP contribution in [0.2, 0.25) is 0 Å². The van der Waals surface area contributed by atoms with E-state index in [0.29, 0.717) is 13.0 Å². The molecule has 0 saturated carbocycles. The van der Waals surface area contributed by atoms with Crippen LogP contribution in [0.25, 0.3) is 5.57 Å². The standard InChI is InChI=1S/C17H17NO2.BrH/c18-10-13-8-12(11-4-2-1-3-5-11)9-15-14(13)6-7-16(19)17(15)20;/h1-8,12,19-20H,9-10,18H2;1H. The molecule has 1 atom stereocenters. The third-order valence-electron chi connectivity index (χ3n) is 3.88. The van der Waals surface area contributed by atoms with Crippen LogP contribution in [-0.2, 0) is 6.42 Å². The second kappa shape index (κ2) is 6.33. The summed E-state index contributed by atoms with van der Waals surface area (Å²) in [7, 11) is 0.